The number of hydrogen-bond donors (Lipinski definition) is 0. The Morgan fingerprint density at radius 2 is 1.68 bits per heavy atom. The molecule has 0 atom stereocenters. The lowest BCUT2D eigenvalue weighted by Crippen LogP contribution is -2.30. The SMILES string of the molecule is Cc1nc(C(=O)N(C)CCc2ccncc2)cc(N(C)Cc2ccccc2)n1. The third kappa shape index (κ3) is 5.13. The number of aryl methyl sites for hydroxylation is 1. The average molecular weight is 375 g/mol. The van der Waals surface area contributed by atoms with Gasteiger partial charge in [-0.15, -0.1) is 0 Å². The van der Waals surface area contributed by atoms with Crippen molar-refractivity contribution >= 4 is 11.7 Å². The third-order valence-electron chi connectivity index (χ3n) is 4.53. The van der Waals surface area contributed by atoms with E-state index in [1.54, 1.807) is 30.4 Å². The fraction of sp³-hybridized carbons (Fsp3) is 0.273. The molecular formula is C22H25N5O. The second-order valence-corrected chi connectivity index (χ2v) is 6.83. The van der Waals surface area contributed by atoms with Gasteiger partial charge in [0.25, 0.3) is 5.91 Å². The number of rotatable bonds is 7. The molecule has 0 saturated heterocycles. The number of nitrogens with zero attached hydrogens (tertiary/aromatic N) is 5. The maximum atomic E-state index is 12.9. The molecule has 0 aliphatic heterocycles. The summed E-state index contributed by atoms with van der Waals surface area (Å²) in [6, 6.07) is 15.9. The number of likely N-dealkylation sites (N-methyl/N-ethyl adjacent to an activating group) is 1. The largest absolute Gasteiger partial charge is 0.355 e. The Morgan fingerprint density at radius 3 is 2.39 bits per heavy atom. The monoisotopic (exact) mass is 375 g/mol. The molecule has 0 aliphatic rings. The number of aromatic nitrogens is 3. The van der Waals surface area contributed by atoms with Crippen molar-refractivity contribution in [3.8, 4) is 0 Å². The van der Waals surface area contributed by atoms with Crippen LogP contribution in [0.5, 0.6) is 0 Å². The summed E-state index contributed by atoms with van der Waals surface area (Å²) in [6.07, 6.45) is 4.30. The van der Waals surface area contributed by atoms with E-state index in [4.69, 9.17) is 0 Å². The first-order valence-electron chi connectivity index (χ1n) is 9.28. The Labute approximate surface area is 165 Å². The summed E-state index contributed by atoms with van der Waals surface area (Å²) >= 11 is 0. The van der Waals surface area contributed by atoms with Crippen LogP contribution in [-0.4, -0.2) is 46.4 Å². The van der Waals surface area contributed by atoms with Gasteiger partial charge in [0.15, 0.2) is 0 Å². The molecule has 1 amide bonds. The molecule has 144 valence electrons. The minimum absolute atomic E-state index is 0.103. The van der Waals surface area contributed by atoms with E-state index in [0.29, 0.717) is 24.6 Å². The van der Waals surface area contributed by atoms with Gasteiger partial charge in [-0.2, -0.15) is 0 Å². The second kappa shape index (κ2) is 9.08. The summed E-state index contributed by atoms with van der Waals surface area (Å²) in [6.45, 7) is 3.14. The molecular weight excluding hydrogens is 350 g/mol. The molecule has 6 heteroatoms. The van der Waals surface area contributed by atoms with Crippen LogP contribution in [0.3, 0.4) is 0 Å². The van der Waals surface area contributed by atoms with Crippen molar-refractivity contribution in [3.63, 3.8) is 0 Å². The van der Waals surface area contributed by atoms with Gasteiger partial charge in [0, 0.05) is 45.6 Å². The van der Waals surface area contributed by atoms with Crippen LogP contribution in [0.25, 0.3) is 0 Å². The van der Waals surface area contributed by atoms with Gasteiger partial charge < -0.3 is 9.80 Å². The molecule has 2 heterocycles. The highest BCUT2D eigenvalue weighted by Crippen LogP contribution is 2.15. The predicted molar refractivity (Wildman–Crippen MR) is 110 cm³/mol. The minimum Gasteiger partial charge on any atom is -0.355 e. The van der Waals surface area contributed by atoms with E-state index in [2.05, 4.69) is 27.1 Å². The van der Waals surface area contributed by atoms with Crippen LogP contribution in [0.2, 0.25) is 0 Å². The van der Waals surface area contributed by atoms with E-state index in [9.17, 15) is 4.79 Å². The first kappa shape index (κ1) is 19.5. The van der Waals surface area contributed by atoms with E-state index in [0.717, 1.165) is 17.8 Å². The third-order valence-corrected chi connectivity index (χ3v) is 4.53. The Balaban J connectivity index is 1.70. The van der Waals surface area contributed by atoms with Gasteiger partial charge in [0.1, 0.15) is 17.3 Å². The molecule has 0 fully saturated rings. The van der Waals surface area contributed by atoms with Crippen LogP contribution < -0.4 is 4.90 Å². The topological polar surface area (TPSA) is 62.2 Å². The Bertz CT molecular complexity index is 915. The zero-order valence-electron chi connectivity index (χ0n) is 16.5. The number of amides is 1. The van der Waals surface area contributed by atoms with Crippen molar-refractivity contribution < 1.29 is 4.79 Å². The molecule has 0 bridgehead atoms. The molecule has 0 unspecified atom stereocenters. The van der Waals surface area contributed by atoms with Crippen molar-refractivity contribution in [2.24, 2.45) is 0 Å². The Hall–Kier alpha value is -3.28. The highest BCUT2D eigenvalue weighted by Gasteiger charge is 2.16. The van der Waals surface area contributed by atoms with Crippen LogP contribution in [-0.2, 0) is 13.0 Å². The highest BCUT2D eigenvalue weighted by atomic mass is 16.2. The zero-order chi connectivity index (χ0) is 19.9. The molecule has 0 aliphatic carbocycles. The van der Waals surface area contributed by atoms with Gasteiger partial charge in [0.05, 0.1) is 0 Å². The van der Waals surface area contributed by atoms with Gasteiger partial charge in [-0.25, -0.2) is 9.97 Å². The fourth-order valence-corrected chi connectivity index (χ4v) is 2.94. The van der Waals surface area contributed by atoms with Gasteiger partial charge in [0.2, 0.25) is 0 Å². The molecule has 28 heavy (non-hydrogen) atoms. The van der Waals surface area contributed by atoms with E-state index in [1.807, 2.05) is 49.2 Å². The number of carbonyl (C=O) groups excluding carboxylic acids is 1. The van der Waals surface area contributed by atoms with Crippen molar-refractivity contribution in [1.29, 1.82) is 0 Å². The second-order valence-electron chi connectivity index (χ2n) is 6.83. The number of hydrogen-bond acceptors (Lipinski definition) is 5. The Kier molecular flexibility index (Phi) is 6.32. The molecule has 3 aromatic rings. The average Bonchev–Trinajstić information content (AvgIpc) is 2.72. The molecule has 3 rings (SSSR count). The normalized spacial score (nSPS) is 10.5. The molecule has 0 radical (unpaired) electrons. The van der Waals surface area contributed by atoms with Gasteiger partial charge in [-0.1, -0.05) is 30.3 Å². The van der Waals surface area contributed by atoms with Crippen molar-refractivity contribution in [1.82, 2.24) is 19.9 Å². The summed E-state index contributed by atoms with van der Waals surface area (Å²) in [4.78, 5) is 29.5. The fourth-order valence-electron chi connectivity index (χ4n) is 2.94. The quantitative estimate of drug-likeness (QED) is 0.635. The zero-order valence-corrected chi connectivity index (χ0v) is 16.5. The smallest absolute Gasteiger partial charge is 0.272 e. The van der Waals surface area contributed by atoms with E-state index in [1.165, 1.54) is 5.56 Å². The van der Waals surface area contributed by atoms with Gasteiger partial charge in [-0.05, 0) is 36.6 Å². The van der Waals surface area contributed by atoms with Gasteiger partial charge in [-0.3, -0.25) is 9.78 Å². The van der Waals surface area contributed by atoms with E-state index < -0.39 is 0 Å². The summed E-state index contributed by atoms with van der Waals surface area (Å²) in [7, 11) is 3.77. The van der Waals surface area contributed by atoms with Crippen LogP contribution in [0.15, 0.2) is 60.9 Å². The van der Waals surface area contributed by atoms with Crippen molar-refractivity contribution in [2.45, 2.75) is 19.9 Å². The van der Waals surface area contributed by atoms with Crippen molar-refractivity contribution in [3.05, 3.63) is 83.6 Å². The van der Waals surface area contributed by atoms with Crippen LogP contribution in [0.4, 0.5) is 5.82 Å². The first-order valence-corrected chi connectivity index (χ1v) is 9.28. The maximum absolute atomic E-state index is 12.9. The molecule has 0 spiro atoms. The lowest BCUT2D eigenvalue weighted by molar-refractivity contribution is 0.0790. The molecule has 2 aromatic heterocycles. The first-order chi connectivity index (χ1) is 13.5. The van der Waals surface area contributed by atoms with Crippen LogP contribution in [0.1, 0.15) is 27.4 Å². The van der Waals surface area contributed by atoms with Crippen molar-refractivity contribution in [2.75, 3.05) is 25.5 Å². The van der Waals surface area contributed by atoms with E-state index in [-0.39, 0.29) is 5.91 Å². The standard InChI is InChI=1S/C22H25N5O/c1-17-24-20(22(28)26(2)14-11-18-9-12-23-13-10-18)15-21(25-17)27(3)16-19-7-5-4-6-8-19/h4-10,12-13,15H,11,14,16H2,1-3H3. The molecule has 0 saturated carbocycles. The lowest BCUT2D eigenvalue weighted by Gasteiger charge is -2.21. The number of anilines is 1. The summed E-state index contributed by atoms with van der Waals surface area (Å²) in [5, 5.41) is 0. The number of benzene rings is 1. The van der Waals surface area contributed by atoms with Crippen LogP contribution in [0, 0.1) is 6.92 Å². The summed E-state index contributed by atoms with van der Waals surface area (Å²) < 4.78 is 0. The van der Waals surface area contributed by atoms with Gasteiger partial charge >= 0.3 is 0 Å². The summed E-state index contributed by atoms with van der Waals surface area (Å²) in [5.41, 5.74) is 2.75. The molecule has 0 N–H and O–H groups in total. The predicted octanol–water partition coefficient (Wildman–Crippen LogP) is 3.13. The number of carbonyl (C=O) groups is 1. The number of pyridine rings is 1. The molecule has 1 aromatic carbocycles. The summed E-state index contributed by atoms with van der Waals surface area (Å²) in [5.74, 6) is 1.22. The Morgan fingerprint density at radius 1 is 0.964 bits per heavy atom. The lowest BCUT2D eigenvalue weighted by atomic mass is 10.2. The molecule has 6 nitrogen and oxygen atoms in total. The van der Waals surface area contributed by atoms with Crippen LogP contribution >= 0.6 is 0 Å². The van der Waals surface area contributed by atoms with E-state index >= 15 is 0 Å². The minimum atomic E-state index is -0.103. The highest BCUT2D eigenvalue weighted by molar-refractivity contribution is 5.92. The maximum Gasteiger partial charge on any atom is 0.272 e.